The number of aldehydes is 1. The quantitative estimate of drug-likeness (QED) is 0.180. The van der Waals surface area contributed by atoms with Gasteiger partial charge in [0.05, 0.1) is 38.6 Å². The Morgan fingerprint density at radius 3 is 1.93 bits per heavy atom. The molecule has 1 N–H and O–H groups in total. The molecule has 0 fully saturated rings. The number of rotatable bonds is 8. The van der Waals surface area contributed by atoms with Crippen LogP contribution < -0.4 is 14.2 Å². The van der Waals surface area contributed by atoms with E-state index >= 15 is 0 Å². The van der Waals surface area contributed by atoms with Crippen LogP contribution in [-0.2, 0) is 21.7 Å². The molecule has 6 rings (SSSR count). The van der Waals surface area contributed by atoms with Crippen molar-refractivity contribution in [3.63, 3.8) is 0 Å². The fraction of sp³-hybridized carbons (Fsp3) is 0.152. The molecule has 1 aliphatic heterocycles. The lowest BCUT2D eigenvalue weighted by Crippen LogP contribution is -2.29. The van der Waals surface area contributed by atoms with Gasteiger partial charge in [-0.1, -0.05) is 18.2 Å². The second-order valence-electron chi connectivity index (χ2n) is 9.50. The smallest absolute Gasteiger partial charge is 0.342 e. The lowest BCUT2D eigenvalue weighted by molar-refractivity contribution is -0.185. The van der Waals surface area contributed by atoms with Crippen LogP contribution in [0, 0.1) is 0 Å². The van der Waals surface area contributed by atoms with E-state index in [-0.39, 0.29) is 0 Å². The highest BCUT2D eigenvalue weighted by atomic mass is 32.1. The van der Waals surface area contributed by atoms with E-state index in [1.807, 2.05) is 30.3 Å². The molecule has 0 saturated carbocycles. The maximum atomic E-state index is 13.1. The van der Waals surface area contributed by atoms with E-state index in [9.17, 15) is 14.7 Å². The average molecular weight is 597 g/mol. The molecule has 1 aliphatic rings. The number of carbonyl (C=O) groups excluding carboxylic acids is 2. The average Bonchev–Trinajstić information content (AvgIpc) is 3.63. The van der Waals surface area contributed by atoms with E-state index in [1.165, 1.54) is 0 Å². The van der Waals surface area contributed by atoms with Crippen molar-refractivity contribution in [3.05, 3.63) is 119 Å². The molecule has 1 atom stereocenters. The van der Waals surface area contributed by atoms with Gasteiger partial charge in [-0.3, -0.25) is 4.79 Å². The van der Waals surface area contributed by atoms with Crippen LogP contribution >= 0.6 is 11.7 Å². The minimum atomic E-state index is -1.92. The predicted molar refractivity (Wildman–Crippen MR) is 162 cm³/mol. The summed E-state index contributed by atoms with van der Waals surface area (Å²) in [5, 5.41) is 11.7. The number of esters is 1. The van der Waals surface area contributed by atoms with Crippen molar-refractivity contribution >= 4 is 40.6 Å². The number of aliphatic hydroxyl groups is 1. The van der Waals surface area contributed by atoms with Crippen LogP contribution in [0.15, 0.2) is 96.6 Å². The van der Waals surface area contributed by atoms with Crippen molar-refractivity contribution < 1.29 is 33.6 Å². The largest absolute Gasteiger partial charge is 0.497 e. The number of hydrogen-bond donors (Lipinski definition) is 1. The Morgan fingerprint density at radius 1 is 0.791 bits per heavy atom. The monoisotopic (exact) mass is 596 g/mol. The van der Waals surface area contributed by atoms with Crippen molar-refractivity contribution in [3.8, 4) is 17.2 Å². The fourth-order valence-corrected chi connectivity index (χ4v) is 5.17. The first-order valence-electron chi connectivity index (χ1n) is 13.2. The van der Waals surface area contributed by atoms with Crippen LogP contribution in [0.4, 0.5) is 0 Å². The summed E-state index contributed by atoms with van der Waals surface area (Å²) >= 11 is 1.11. The van der Waals surface area contributed by atoms with Gasteiger partial charge in [-0.15, -0.1) is 0 Å². The van der Waals surface area contributed by atoms with E-state index in [0.29, 0.717) is 45.5 Å². The van der Waals surface area contributed by atoms with Crippen molar-refractivity contribution in [1.82, 2.24) is 8.75 Å². The molecule has 218 valence electrons. The second-order valence-corrected chi connectivity index (χ2v) is 10.0. The molecule has 0 aliphatic carbocycles. The Balaban J connectivity index is 0.000000314. The van der Waals surface area contributed by atoms with Gasteiger partial charge in [0, 0.05) is 23.1 Å². The van der Waals surface area contributed by atoms with Gasteiger partial charge in [0.15, 0.2) is 0 Å². The molecule has 10 heteroatoms. The van der Waals surface area contributed by atoms with Crippen molar-refractivity contribution in [2.24, 2.45) is 0 Å². The number of benzene rings is 4. The number of carbonyl (C=O) groups is 2. The molecule has 1 unspecified atom stereocenters. The minimum Gasteiger partial charge on any atom is -0.497 e. The van der Waals surface area contributed by atoms with E-state index in [4.69, 9.17) is 18.9 Å². The van der Waals surface area contributed by atoms with Crippen LogP contribution in [-0.4, -0.2) is 47.4 Å². The molecule has 0 radical (unpaired) electrons. The summed E-state index contributed by atoms with van der Waals surface area (Å²) < 4.78 is 29.5. The van der Waals surface area contributed by atoms with Crippen LogP contribution in [0.5, 0.6) is 17.2 Å². The van der Waals surface area contributed by atoms with Gasteiger partial charge >= 0.3 is 5.97 Å². The first-order chi connectivity index (χ1) is 20.9. The molecule has 5 aromatic rings. The molecule has 0 amide bonds. The highest BCUT2D eigenvalue weighted by Gasteiger charge is 2.48. The number of nitrogens with zero attached hydrogens (tertiary/aromatic N) is 2. The Morgan fingerprint density at radius 2 is 1.35 bits per heavy atom. The lowest BCUT2D eigenvalue weighted by atomic mass is 9.88. The molecule has 0 saturated heterocycles. The third kappa shape index (κ3) is 6.25. The molecule has 1 aromatic heterocycles. The van der Waals surface area contributed by atoms with E-state index in [0.717, 1.165) is 40.6 Å². The highest BCUT2D eigenvalue weighted by molar-refractivity contribution is 7.00. The van der Waals surface area contributed by atoms with Crippen molar-refractivity contribution in [2.45, 2.75) is 12.2 Å². The number of hydrogen-bond acceptors (Lipinski definition) is 10. The first kappa shape index (κ1) is 29.4. The topological polar surface area (TPSA) is 117 Å². The molecule has 0 bridgehead atoms. The fourth-order valence-electron chi connectivity index (χ4n) is 4.66. The van der Waals surface area contributed by atoms with Crippen LogP contribution in [0.2, 0.25) is 0 Å². The van der Waals surface area contributed by atoms with Gasteiger partial charge in [0.2, 0.25) is 0 Å². The number of cyclic esters (lactones) is 1. The number of ether oxygens (including phenoxy) is 4. The summed E-state index contributed by atoms with van der Waals surface area (Å²) in [4.78, 5) is 23.3. The predicted octanol–water partition coefficient (Wildman–Crippen LogP) is 5.61. The van der Waals surface area contributed by atoms with E-state index in [1.54, 1.807) is 82.0 Å². The summed E-state index contributed by atoms with van der Waals surface area (Å²) in [7, 11) is 4.76. The third-order valence-corrected chi connectivity index (χ3v) is 7.53. The van der Waals surface area contributed by atoms with Gasteiger partial charge < -0.3 is 24.1 Å². The molecule has 4 aromatic carbocycles. The SMILES string of the molecule is COc1ccc(C=O)cc1.COc1ccc(CC2=C(c3ccc4nsnc4c3)C(=O)OC2(O)c2ccc(OC)cc2)cc1. The summed E-state index contributed by atoms with van der Waals surface area (Å²) in [5.74, 6) is -0.397. The zero-order valence-electron chi connectivity index (χ0n) is 23.6. The summed E-state index contributed by atoms with van der Waals surface area (Å²) in [6, 6.07) is 26.6. The minimum absolute atomic E-state index is 0.293. The van der Waals surface area contributed by atoms with Gasteiger partial charge in [0.1, 0.15) is 34.6 Å². The van der Waals surface area contributed by atoms with Gasteiger partial charge in [-0.25, -0.2) is 4.79 Å². The number of fused-ring (bicyclic) bond motifs is 1. The normalized spacial score (nSPS) is 15.9. The molecule has 9 nitrogen and oxygen atoms in total. The molecule has 0 spiro atoms. The summed E-state index contributed by atoms with van der Waals surface area (Å²) in [5.41, 5.74) is 4.81. The lowest BCUT2D eigenvalue weighted by Gasteiger charge is -2.26. The Hall–Kier alpha value is -5.06. The van der Waals surface area contributed by atoms with Gasteiger partial charge in [-0.2, -0.15) is 8.75 Å². The van der Waals surface area contributed by atoms with E-state index in [2.05, 4.69) is 8.75 Å². The summed E-state index contributed by atoms with van der Waals surface area (Å²) in [6.45, 7) is 0. The van der Waals surface area contributed by atoms with Crippen molar-refractivity contribution in [2.75, 3.05) is 21.3 Å². The van der Waals surface area contributed by atoms with Gasteiger partial charge in [0.25, 0.3) is 5.79 Å². The molecule has 2 heterocycles. The maximum Gasteiger partial charge on any atom is 0.342 e. The Kier molecular flexibility index (Phi) is 8.79. The second kappa shape index (κ2) is 12.8. The highest BCUT2D eigenvalue weighted by Crippen LogP contribution is 2.45. The molecular formula is C33H28N2O7S. The molecule has 43 heavy (non-hydrogen) atoms. The van der Waals surface area contributed by atoms with Crippen LogP contribution in [0.1, 0.15) is 27.0 Å². The first-order valence-corrected chi connectivity index (χ1v) is 13.9. The van der Waals surface area contributed by atoms with Crippen molar-refractivity contribution in [1.29, 1.82) is 0 Å². The van der Waals surface area contributed by atoms with E-state index < -0.39 is 11.8 Å². The zero-order chi connectivity index (χ0) is 30.4. The van der Waals surface area contributed by atoms with Gasteiger partial charge in [-0.05, 0) is 83.9 Å². The van der Waals surface area contributed by atoms with Crippen LogP contribution in [0.3, 0.4) is 0 Å². The summed E-state index contributed by atoms with van der Waals surface area (Å²) in [6.07, 6.45) is 1.10. The standard InChI is InChI=1S/C25H20N2O5S.C8H8O2/c1-30-18-8-3-15(4-9-18)13-20-23(16-5-12-21-22(14-16)27-33-26-21)24(28)32-25(20,29)17-6-10-19(31-2)11-7-17;1-10-8-4-2-7(6-9)3-5-8/h3-12,14,29H,13H2,1-2H3;2-6H,1H3. The Bertz CT molecular complexity index is 1760. The van der Waals surface area contributed by atoms with Crippen LogP contribution in [0.25, 0.3) is 16.6 Å². The molecular weight excluding hydrogens is 568 g/mol. The maximum absolute atomic E-state index is 13.1. The number of methoxy groups -OCH3 is 3. The Labute approximate surface area is 252 Å². The zero-order valence-corrected chi connectivity index (χ0v) is 24.5. The number of aromatic nitrogens is 2. The third-order valence-electron chi connectivity index (χ3n) is 6.97.